The van der Waals surface area contributed by atoms with Gasteiger partial charge in [-0.05, 0) is 19.8 Å². The van der Waals surface area contributed by atoms with E-state index in [1.807, 2.05) is 5.32 Å². The third kappa shape index (κ3) is 12.7. The summed E-state index contributed by atoms with van der Waals surface area (Å²) in [4.78, 5) is 75.2. The molecular formula is C18H33N9O8. The van der Waals surface area contributed by atoms with E-state index in [2.05, 4.69) is 15.6 Å². The summed E-state index contributed by atoms with van der Waals surface area (Å²) in [5, 5.41) is 25.2. The molecule has 0 fully saturated rings. The van der Waals surface area contributed by atoms with Crippen LogP contribution < -0.4 is 44.6 Å². The van der Waals surface area contributed by atoms with Crippen LogP contribution in [0.1, 0.15) is 32.6 Å². The molecule has 5 unspecified atom stereocenters. The summed E-state index contributed by atoms with van der Waals surface area (Å²) >= 11 is 0. The Morgan fingerprint density at radius 2 is 1.26 bits per heavy atom. The average Bonchev–Trinajstić information content (AvgIpc) is 2.72. The van der Waals surface area contributed by atoms with Crippen molar-refractivity contribution in [3.8, 4) is 0 Å². The molecule has 35 heavy (non-hydrogen) atoms. The third-order valence-corrected chi connectivity index (χ3v) is 4.46. The van der Waals surface area contributed by atoms with Gasteiger partial charge < -0.3 is 54.8 Å². The smallest absolute Gasteiger partial charge is 0.326 e. The molecule has 0 aromatic heterocycles. The van der Waals surface area contributed by atoms with Crippen LogP contribution in [0.3, 0.4) is 0 Å². The largest absolute Gasteiger partial charge is 0.480 e. The lowest BCUT2D eigenvalue weighted by Gasteiger charge is -2.25. The summed E-state index contributed by atoms with van der Waals surface area (Å²) in [6.07, 6.45) is -2.59. The predicted octanol–water partition coefficient (Wildman–Crippen LogP) is -5.96. The van der Waals surface area contributed by atoms with E-state index in [4.69, 9.17) is 33.8 Å². The van der Waals surface area contributed by atoms with Gasteiger partial charge in [0.25, 0.3) is 0 Å². The molecule has 0 bridgehead atoms. The molecule has 0 aliphatic rings. The van der Waals surface area contributed by atoms with E-state index in [9.17, 15) is 33.9 Å². The third-order valence-electron chi connectivity index (χ3n) is 4.46. The van der Waals surface area contributed by atoms with Crippen molar-refractivity contribution in [3.63, 3.8) is 0 Å². The molecule has 0 aromatic rings. The first kappa shape index (κ1) is 31.0. The van der Waals surface area contributed by atoms with Gasteiger partial charge in [0.1, 0.15) is 24.2 Å². The monoisotopic (exact) mass is 503 g/mol. The van der Waals surface area contributed by atoms with Gasteiger partial charge >= 0.3 is 5.97 Å². The number of hydrogen-bond acceptors (Lipinski definition) is 9. The molecule has 0 saturated heterocycles. The minimum atomic E-state index is -1.73. The Bertz CT molecular complexity index is 829. The molecule has 5 amide bonds. The molecule has 0 aliphatic heterocycles. The van der Waals surface area contributed by atoms with E-state index < -0.39 is 78.6 Å². The number of aliphatic hydroxyl groups is 1. The van der Waals surface area contributed by atoms with Crippen LogP contribution in [0.15, 0.2) is 4.99 Å². The highest BCUT2D eigenvalue weighted by Gasteiger charge is 2.32. The fourth-order valence-corrected chi connectivity index (χ4v) is 2.62. The lowest BCUT2D eigenvalue weighted by molar-refractivity contribution is -0.144. The van der Waals surface area contributed by atoms with E-state index in [0.717, 1.165) is 0 Å². The van der Waals surface area contributed by atoms with Crippen molar-refractivity contribution in [1.82, 2.24) is 16.0 Å². The number of aliphatic imine (C=N–C) groups is 1. The van der Waals surface area contributed by atoms with Gasteiger partial charge in [-0.3, -0.25) is 29.0 Å². The first-order valence-electron chi connectivity index (χ1n) is 10.3. The van der Waals surface area contributed by atoms with Crippen LogP contribution in [-0.2, 0) is 28.8 Å². The quantitative estimate of drug-likeness (QED) is 0.0536. The van der Waals surface area contributed by atoms with Gasteiger partial charge in [-0.1, -0.05) is 0 Å². The normalized spacial score (nSPS) is 14.8. The van der Waals surface area contributed by atoms with E-state index in [1.54, 1.807) is 0 Å². The van der Waals surface area contributed by atoms with Gasteiger partial charge in [0.2, 0.25) is 29.5 Å². The molecule has 0 aromatic carbocycles. The van der Waals surface area contributed by atoms with E-state index in [1.165, 1.54) is 6.92 Å². The number of aliphatic hydroxyl groups excluding tert-OH is 1. The van der Waals surface area contributed by atoms with Crippen molar-refractivity contribution in [2.45, 2.75) is 62.9 Å². The van der Waals surface area contributed by atoms with Gasteiger partial charge in [-0.2, -0.15) is 0 Å². The van der Waals surface area contributed by atoms with Crippen molar-refractivity contribution in [1.29, 1.82) is 0 Å². The Morgan fingerprint density at radius 1 is 0.800 bits per heavy atom. The lowest BCUT2D eigenvalue weighted by Crippen LogP contribution is -2.58. The summed E-state index contributed by atoms with van der Waals surface area (Å²) in [6.45, 7) is 1.35. The number of carbonyl (C=O) groups excluding carboxylic acids is 5. The highest BCUT2D eigenvalue weighted by atomic mass is 16.4. The second kappa shape index (κ2) is 15.0. The standard InChI is InChI=1S/C18H33N9O8/c1-7(28)13(21)16(33)25-8(3-2-4-24-18(22)23)14(31)26-9(5-11(19)29)15(32)27-10(17(34)35)6-12(20)30/h7-10,13,28H,2-6,21H2,1H3,(H2,19,29)(H2,20,30)(H,25,33)(H,26,31)(H,27,32)(H,34,35)(H4,22,23,24). The number of amides is 5. The molecule has 17 nitrogen and oxygen atoms in total. The molecule has 0 aliphatic carbocycles. The number of primary amides is 2. The molecule has 17 heteroatoms. The maximum atomic E-state index is 12.9. The summed E-state index contributed by atoms with van der Waals surface area (Å²) in [7, 11) is 0. The van der Waals surface area contributed by atoms with Crippen LogP contribution in [0.4, 0.5) is 0 Å². The fourth-order valence-electron chi connectivity index (χ4n) is 2.62. The molecule has 0 heterocycles. The van der Waals surface area contributed by atoms with Crippen LogP contribution in [-0.4, -0.2) is 88.5 Å². The number of nitrogens with zero attached hydrogens (tertiary/aromatic N) is 1. The summed E-state index contributed by atoms with van der Waals surface area (Å²) < 4.78 is 0. The zero-order valence-corrected chi connectivity index (χ0v) is 19.1. The van der Waals surface area contributed by atoms with Crippen molar-refractivity contribution in [2.24, 2.45) is 33.7 Å². The summed E-state index contributed by atoms with van der Waals surface area (Å²) in [6, 6.07) is -6.08. The van der Waals surface area contributed by atoms with Gasteiger partial charge in [0.15, 0.2) is 5.96 Å². The maximum Gasteiger partial charge on any atom is 0.326 e. The van der Waals surface area contributed by atoms with E-state index >= 15 is 0 Å². The van der Waals surface area contributed by atoms with E-state index in [0.29, 0.717) is 0 Å². The number of carboxylic acid groups (broad SMARTS) is 1. The van der Waals surface area contributed by atoms with Gasteiger partial charge in [-0.15, -0.1) is 0 Å². The van der Waals surface area contributed by atoms with Crippen LogP contribution >= 0.6 is 0 Å². The topological polar surface area (TPSA) is 321 Å². The van der Waals surface area contributed by atoms with Gasteiger partial charge in [0, 0.05) is 6.54 Å². The molecule has 0 radical (unpaired) electrons. The minimum Gasteiger partial charge on any atom is -0.480 e. The lowest BCUT2D eigenvalue weighted by atomic mass is 10.1. The molecule has 5 atom stereocenters. The highest BCUT2D eigenvalue weighted by molar-refractivity contribution is 5.96. The van der Waals surface area contributed by atoms with Crippen molar-refractivity contribution in [2.75, 3.05) is 6.54 Å². The summed E-state index contributed by atoms with van der Waals surface area (Å²) in [5.41, 5.74) is 26.1. The summed E-state index contributed by atoms with van der Waals surface area (Å²) in [5.74, 6) is -6.80. The molecule has 0 spiro atoms. The molecule has 0 rings (SSSR count). The SMILES string of the molecule is CC(O)C(N)C(=O)NC(CCCN=C(N)N)C(=O)NC(CC(N)=O)C(=O)NC(CC(N)=O)C(=O)O. The Kier molecular flexibility index (Phi) is 13.3. The molecule has 15 N–H and O–H groups in total. The van der Waals surface area contributed by atoms with Crippen LogP contribution in [0.25, 0.3) is 0 Å². The van der Waals surface area contributed by atoms with Gasteiger partial charge in [0.05, 0.1) is 18.9 Å². The van der Waals surface area contributed by atoms with Crippen LogP contribution in [0.2, 0.25) is 0 Å². The Balaban J connectivity index is 5.65. The number of carboxylic acids is 1. The Hall–Kier alpha value is -3.99. The Labute approximate surface area is 200 Å². The fraction of sp³-hybridized carbons (Fsp3) is 0.611. The Morgan fingerprint density at radius 3 is 1.71 bits per heavy atom. The number of aliphatic carboxylic acids is 1. The zero-order chi connectivity index (χ0) is 27.3. The maximum absolute atomic E-state index is 12.9. The highest BCUT2D eigenvalue weighted by Crippen LogP contribution is 2.04. The number of carbonyl (C=O) groups is 6. The number of guanidine groups is 1. The van der Waals surface area contributed by atoms with E-state index in [-0.39, 0.29) is 25.3 Å². The van der Waals surface area contributed by atoms with Gasteiger partial charge in [-0.25, -0.2) is 4.79 Å². The molecule has 198 valence electrons. The van der Waals surface area contributed by atoms with Crippen LogP contribution in [0.5, 0.6) is 0 Å². The second-order valence-corrected chi connectivity index (χ2v) is 7.58. The van der Waals surface area contributed by atoms with Crippen molar-refractivity contribution in [3.05, 3.63) is 0 Å². The molecule has 0 saturated carbocycles. The number of rotatable bonds is 16. The predicted molar refractivity (Wildman–Crippen MR) is 121 cm³/mol. The average molecular weight is 504 g/mol. The second-order valence-electron chi connectivity index (χ2n) is 7.58. The first-order valence-corrected chi connectivity index (χ1v) is 10.3. The molecular weight excluding hydrogens is 470 g/mol. The number of nitrogens with two attached hydrogens (primary N) is 5. The van der Waals surface area contributed by atoms with Crippen molar-refractivity contribution < 1.29 is 39.0 Å². The minimum absolute atomic E-state index is 0.0504. The van der Waals surface area contributed by atoms with Crippen LogP contribution in [0, 0.1) is 0 Å². The number of hydrogen-bond donors (Lipinski definition) is 10. The first-order chi connectivity index (χ1) is 16.1. The van der Waals surface area contributed by atoms with Crippen molar-refractivity contribution >= 4 is 41.5 Å². The zero-order valence-electron chi connectivity index (χ0n) is 19.1. The number of nitrogens with one attached hydrogen (secondary N) is 3.